The molecule has 0 spiro atoms. The van der Waals surface area contributed by atoms with E-state index in [2.05, 4.69) is 61.0 Å². The van der Waals surface area contributed by atoms with E-state index < -0.39 is 0 Å². The van der Waals surface area contributed by atoms with E-state index >= 15 is 0 Å². The number of nitrogens with zero attached hydrogens (tertiary/aromatic N) is 1. The monoisotopic (exact) mass is 392 g/mol. The molecule has 4 rings (SSSR count). The minimum Gasteiger partial charge on any atom is -0.464 e. The average Bonchev–Trinajstić information content (AvgIpc) is 3.25. The standard InChI is InChI=1S/C23H28N4O2/c1-13(2)18-11-19-17(12-29-20(19)9-14(18)3)10-21(28)25-23-15(4)22(26-27-23)16-5-7-24-8-6-16/h5-9,11-13,15,22-23,26-27H,10H2,1-4H3,(H,25,28). The Labute approximate surface area is 171 Å². The molecule has 6 heteroatoms. The highest BCUT2D eigenvalue weighted by Crippen LogP contribution is 2.30. The van der Waals surface area contributed by atoms with Crippen molar-refractivity contribution in [2.45, 2.75) is 52.2 Å². The second-order valence-corrected chi connectivity index (χ2v) is 8.25. The molecule has 1 amide bonds. The topological polar surface area (TPSA) is 79.2 Å². The highest BCUT2D eigenvalue weighted by molar-refractivity contribution is 5.88. The Hall–Kier alpha value is -2.70. The van der Waals surface area contributed by atoms with Gasteiger partial charge in [0.1, 0.15) is 5.58 Å². The van der Waals surface area contributed by atoms with Gasteiger partial charge in [0.2, 0.25) is 5.91 Å². The van der Waals surface area contributed by atoms with Crippen LogP contribution < -0.4 is 16.2 Å². The van der Waals surface area contributed by atoms with Crippen molar-refractivity contribution in [1.29, 1.82) is 0 Å². The predicted molar refractivity (Wildman–Crippen MR) is 113 cm³/mol. The van der Waals surface area contributed by atoms with Crippen molar-refractivity contribution < 1.29 is 9.21 Å². The van der Waals surface area contributed by atoms with Crippen LogP contribution in [0.2, 0.25) is 0 Å². The number of pyridine rings is 1. The first-order valence-corrected chi connectivity index (χ1v) is 10.1. The van der Waals surface area contributed by atoms with E-state index in [9.17, 15) is 4.79 Å². The first-order chi connectivity index (χ1) is 13.9. The molecule has 152 valence electrons. The second-order valence-electron chi connectivity index (χ2n) is 8.25. The maximum atomic E-state index is 12.8. The van der Waals surface area contributed by atoms with Crippen LogP contribution in [0, 0.1) is 12.8 Å². The largest absolute Gasteiger partial charge is 0.464 e. The number of rotatable bonds is 5. The molecule has 0 aliphatic carbocycles. The highest BCUT2D eigenvalue weighted by atomic mass is 16.3. The van der Waals surface area contributed by atoms with Crippen LogP contribution >= 0.6 is 0 Å². The maximum absolute atomic E-state index is 12.8. The fourth-order valence-corrected chi connectivity index (χ4v) is 4.16. The molecule has 3 unspecified atom stereocenters. The summed E-state index contributed by atoms with van der Waals surface area (Å²) in [6.07, 6.45) is 5.42. The fraction of sp³-hybridized carbons (Fsp3) is 0.391. The van der Waals surface area contributed by atoms with E-state index in [0.717, 1.165) is 22.1 Å². The van der Waals surface area contributed by atoms with E-state index in [4.69, 9.17) is 4.42 Å². The molecular weight excluding hydrogens is 364 g/mol. The summed E-state index contributed by atoms with van der Waals surface area (Å²) in [5, 5.41) is 4.13. The number of aromatic nitrogens is 1. The molecule has 29 heavy (non-hydrogen) atoms. The van der Waals surface area contributed by atoms with E-state index in [-0.39, 0.29) is 24.0 Å². The molecule has 1 aliphatic heterocycles. The van der Waals surface area contributed by atoms with E-state index in [1.165, 1.54) is 11.1 Å². The van der Waals surface area contributed by atoms with Gasteiger partial charge in [-0.25, -0.2) is 10.9 Å². The third-order valence-electron chi connectivity index (χ3n) is 5.84. The SMILES string of the molecule is Cc1cc2occ(CC(=O)NC3NNC(c4ccncc4)C3C)c2cc1C(C)C. The Bertz CT molecular complexity index is 1010. The molecule has 3 aromatic rings. The van der Waals surface area contributed by atoms with Gasteiger partial charge in [0, 0.05) is 29.3 Å². The summed E-state index contributed by atoms with van der Waals surface area (Å²) >= 11 is 0. The number of hydrogen-bond donors (Lipinski definition) is 3. The first kappa shape index (κ1) is 19.6. The molecule has 0 radical (unpaired) electrons. The van der Waals surface area contributed by atoms with Crippen LogP contribution in [0.4, 0.5) is 0 Å². The van der Waals surface area contributed by atoms with E-state index in [1.54, 1.807) is 18.7 Å². The first-order valence-electron chi connectivity index (χ1n) is 10.1. The molecule has 3 N–H and O–H groups in total. The lowest BCUT2D eigenvalue weighted by Crippen LogP contribution is -2.46. The van der Waals surface area contributed by atoms with Crippen LogP contribution in [-0.4, -0.2) is 17.1 Å². The van der Waals surface area contributed by atoms with Gasteiger partial charge in [0.25, 0.3) is 0 Å². The van der Waals surface area contributed by atoms with Gasteiger partial charge in [0.05, 0.1) is 24.9 Å². The predicted octanol–water partition coefficient (Wildman–Crippen LogP) is 3.73. The number of aryl methyl sites for hydroxylation is 1. The summed E-state index contributed by atoms with van der Waals surface area (Å²) in [6, 6.07) is 8.34. The Balaban J connectivity index is 1.46. The molecule has 1 aromatic carbocycles. The van der Waals surface area contributed by atoms with Crippen molar-refractivity contribution >= 4 is 16.9 Å². The number of hydrazine groups is 1. The third kappa shape index (κ3) is 3.91. The zero-order valence-corrected chi connectivity index (χ0v) is 17.3. The van der Waals surface area contributed by atoms with Crippen molar-refractivity contribution in [3.63, 3.8) is 0 Å². The zero-order valence-electron chi connectivity index (χ0n) is 17.3. The Morgan fingerprint density at radius 3 is 2.72 bits per heavy atom. The number of carbonyl (C=O) groups excluding carboxylic acids is 1. The van der Waals surface area contributed by atoms with Crippen molar-refractivity contribution in [2.24, 2.45) is 5.92 Å². The number of hydrogen-bond acceptors (Lipinski definition) is 5. The minimum atomic E-state index is -0.146. The maximum Gasteiger partial charge on any atom is 0.225 e. The summed E-state index contributed by atoms with van der Waals surface area (Å²) < 4.78 is 5.72. The molecule has 3 heterocycles. The van der Waals surface area contributed by atoms with Gasteiger partial charge in [-0.05, 0) is 53.8 Å². The second kappa shape index (κ2) is 7.97. The molecule has 1 aliphatic rings. The lowest BCUT2D eigenvalue weighted by Gasteiger charge is -2.19. The molecule has 0 bridgehead atoms. The van der Waals surface area contributed by atoms with Gasteiger partial charge in [-0.15, -0.1) is 0 Å². The minimum absolute atomic E-state index is 0.0269. The third-order valence-corrected chi connectivity index (χ3v) is 5.84. The van der Waals surface area contributed by atoms with Crippen LogP contribution in [0.15, 0.2) is 47.3 Å². The Morgan fingerprint density at radius 1 is 1.24 bits per heavy atom. The number of fused-ring (bicyclic) bond motifs is 1. The van der Waals surface area contributed by atoms with Gasteiger partial charge >= 0.3 is 0 Å². The van der Waals surface area contributed by atoms with Gasteiger partial charge < -0.3 is 9.73 Å². The summed E-state index contributed by atoms with van der Waals surface area (Å²) in [5.74, 6) is 0.592. The lowest BCUT2D eigenvalue weighted by molar-refractivity contribution is -0.121. The summed E-state index contributed by atoms with van der Waals surface area (Å²) in [4.78, 5) is 16.8. The smallest absolute Gasteiger partial charge is 0.225 e. The Morgan fingerprint density at radius 2 is 2.00 bits per heavy atom. The number of benzene rings is 1. The van der Waals surface area contributed by atoms with Crippen molar-refractivity contribution in [3.05, 3.63) is 65.2 Å². The zero-order chi connectivity index (χ0) is 20.5. The van der Waals surface area contributed by atoms with Crippen LogP contribution in [-0.2, 0) is 11.2 Å². The Kier molecular flexibility index (Phi) is 5.39. The molecule has 0 saturated carbocycles. The molecule has 3 atom stereocenters. The number of nitrogens with one attached hydrogen (secondary N) is 3. The molecule has 1 fully saturated rings. The van der Waals surface area contributed by atoms with Gasteiger partial charge in [-0.2, -0.15) is 0 Å². The van der Waals surface area contributed by atoms with Crippen LogP contribution in [0.25, 0.3) is 11.0 Å². The number of amides is 1. The summed E-state index contributed by atoms with van der Waals surface area (Å²) in [6.45, 7) is 8.58. The van der Waals surface area contributed by atoms with Gasteiger partial charge in [0.15, 0.2) is 0 Å². The van der Waals surface area contributed by atoms with E-state index in [1.807, 2.05) is 12.1 Å². The number of carbonyl (C=O) groups is 1. The highest BCUT2D eigenvalue weighted by Gasteiger charge is 2.34. The van der Waals surface area contributed by atoms with Crippen molar-refractivity contribution in [1.82, 2.24) is 21.2 Å². The van der Waals surface area contributed by atoms with Crippen molar-refractivity contribution in [3.8, 4) is 0 Å². The average molecular weight is 393 g/mol. The normalized spacial score (nSPS) is 21.8. The van der Waals surface area contributed by atoms with Crippen molar-refractivity contribution in [2.75, 3.05) is 0 Å². The molecule has 2 aromatic heterocycles. The van der Waals surface area contributed by atoms with Gasteiger partial charge in [-0.1, -0.05) is 20.8 Å². The fourth-order valence-electron chi connectivity index (χ4n) is 4.16. The molecule has 6 nitrogen and oxygen atoms in total. The van der Waals surface area contributed by atoms with Crippen LogP contribution in [0.5, 0.6) is 0 Å². The van der Waals surface area contributed by atoms with Gasteiger partial charge in [-0.3, -0.25) is 9.78 Å². The van der Waals surface area contributed by atoms with Crippen LogP contribution in [0.1, 0.15) is 55.0 Å². The lowest BCUT2D eigenvalue weighted by atomic mass is 9.94. The van der Waals surface area contributed by atoms with Crippen LogP contribution in [0.3, 0.4) is 0 Å². The molecular formula is C23H28N4O2. The summed E-state index contributed by atoms with van der Waals surface area (Å²) in [7, 11) is 0. The molecule has 1 saturated heterocycles. The summed E-state index contributed by atoms with van der Waals surface area (Å²) in [5.41, 5.74) is 11.9. The quantitative estimate of drug-likeness (QED) is 0.617. The number of furan rings is 1. The van der Waals surface area contributed by atoms with E-state index in [0.29, 0.717) is 12.3 Å².